The van der Waals surface area contributed by atoms with E-state index in [0.717, 1.165) is 12.8 Å². The first-order chi connectivity index (χ1) is 6.15. The van der Waals surface area contributed by atoms with Gasteiger partial charge in [-0.2, -0.15) is 0 Å². The van der Waals surface area contributed by atoms with Crippen molar-refractivity contribution in [2.24, 2.45) is 5.92 Å². The van der Waals surface area contributed by atoms with Gasteiger partial charge < -0.3 is 15.2 Å². The first-order valence-electron chi connectivity index (χ1n) is 4.18. The molecule has 1 saturated carbocycles. The Balaban J connectivity index is 2.22. The van der Waals surface area contributed by atoms with Crippen molar-refractivity contribution in [1.82, 2.24) is 5.32 Å². The summed E-state index contributed by atoms with van der Waals surface area (Å²) in [5.74, 6) is -1.02. The van der Waals surface area contributed by atoms with Gasteiger partial charge in [0.15, 0.2) is 6.10 Å². The molecule has 1 aliphatic carbocycles. The Kier molecular flexibility index (Phi) is 3.25. The predicted octanol–water partition coefficient (Wildman–Crippen LogP) is -0.388. The van der Waals surface area contributed by atoms with E-state index in [0.29, 0.717) is 0 Å². The fraction of sp³-hybridized carbons (Fsp3) is 0.750. The van der Waals surface area contributed by atoms with E-state index in [1.165, 1.54) is 7.11 Å². The summed E-state index contributed by atoms with van der Waals surface area (Å²) in [6.07, 6.45) is 0.885. The van der Waals surface area contributed by atoms with Gasteiger partial charge in [-0.25, -0.2) is 4.79 Å². The molecule has 0 aromatic carbocycles. The van der Waals surface area contributed by atoms with Crippen LogP contribution in [0.1, 0.15) is 12.8 Å². The number of carboxylic acids is 1. The van der Waals surface area contributed by atoms with Gasteiger partial charge in [0, 0.05) is 13.0 Å². The molecule has 0 saturated heterocycles. The quantitative estimate of drug-likeness (QED) is 0.614. The van der Waals surface area contributed by atoms with Crippen molar-refractivity contribution < 1.29 is 19.4 Å². The minimum atomic E-state index is -1.06. The Hall–Kier alpha value is -1.10. The maximum atomic E-state index is 11.1. The van der Waals surface area contributed by atoms with Crippen molar-refractivity contribution in [3.63, 3.8) is 0 Å². The Morgan fingerprint density at radius 1 is 1.62 bits per heavy atom. The molecule has 0 radical (unpaired) electrons. The number of carbonyl (C=O) groups excluding carboxylic acids is 1. The second-order valence-electron chi connectivity index (χ2n) is 3.08. The van der Waals surface area contributed by atoms with Gasteiger partial charge >= 0.3 is 5.97 Å². The van der Waals surface area contributed by atoms with Gasteiger partial charge in [-0.1, -0.05) is 0 Å². The summed E-state index contributed by atoms with van der Waals surface area (Å²) in [4.78, 5) is 21.5. The number of amides is 1. The predicted molar refractivity (Wildman–Crippen MR) is 44.2 cm³/mol. The number of hydrogen-bond acceptors (Lipinski definition) is 3. The van der Waals surface area contributed by atoms with E-state index < -0.39 is 12.1 Å². The third-order valence-electron chi connectivity index (χ3n) is 1.97. The summed E-state index contributed by atoms with van der Waals surface area (Å²) in [7, 11) is 1.31. The molecule has 1 amide bonds. The molecule has 0 aromatic rings. The zero-order valence-electron chi connectivity index (χ0n) is 7.45. The van der Waals surface area contributed by atoms with Crippen molar-refractivity contribution in [2.45, 2.75) is 18.9 Å². The molecule has 1 aliphatic rings. The van der Waals surface area contributed by atoms with Gasteiger partial charge in [0.2, 0.25) is 5.91 Å². The topological polar surface area (TPSA) is 75.6 Å². The van der Waals surface area contributed by atoms with Crippen LogP contribution in [-0.4, -0.2) is 36.7 Å². The summed E-state index contributed by atoms with van der Waals surface area (Å²) in [5.41, 5.74) is 0. The standard InChI is InChI=1S/C8H13NO4/c1-13-6(8(11)12)4-9-7(10)5-2-3-5/h5-6H,2-4H2,1H3,(H,9,10)(H,11,12). The molecule has 1 atom stereocenters. The lowest BCUT2D eigenvalue weighted by molar-refractivity contribution is -0.148. The lowest BCUT2D eigenvalue weighted by Crippen LogP contribution is -2.38. The molecule has 0 bridgehead atoms. The monoisotopic (exact) mass is 187 g/mol. The Labute approximate surface area is 76.1 Å². The molecule has 1 unspecified atom stereocenters. The third kappa shape index (κ3) is 3.02. The lowest BCUT2D eigenvalue weighted by Gasteiger charge is -2.10. The van der Waals surface area contributed by atoms with Crippen molar-refractivity contribution in [1.29, 1.82) is 0 Å². The molecule has 0 aliphatic heterocycles. The van der Waals surface area contributed by atoms with E-state index in [-0.39, 0.29) is 18.4 Å². The van der Waals surface area contributed by atoms with E-state index in [4.69, 9.17) is 5.11 Å². The first-order valence-corrected chi connectivity index (χ1v) is 4.18. The largest absolute Gasteiger partial charge is 0.479 e. The second kappa shape index (κ2) is 4.23. The van der Waals surface area contributed by atoms with Crippen LogP contribution in [0.3, 0.4) is 0 Å². The van der Waals surface area contributed by atoms with Crippen LogP contribution in [0.5, 0.6) is 0 Å². The van der Waals surface area contributed by atoms with Crippen LogP contribution in [0.2, 0.25) is 0 Å². The molecule has 1 fully saturated rings. The molecule has 0 spiro atoms. The number of nitrogens with one attached hydrogen (secondary N) is 1. The van der Waals surface area contributed by atoms with Gasteiger partial charge in [-0.05, 0) is 12.8 Å². The average molecular weight is 187 g/mol. The molecular formula is C8H13NO4. The fourth-order valence-corrected chi connectivity index (χ4v) is 0.955. The number of aliphatic carboxylic acids is 1. The van der Waals surface area contributed by atoms with E-state index >= 15 is 0 Å². The van der Waals surface area contributed by atoms with E-state index in [1.807, 2.05) is 0 Å². The number of ether oxygens (including phenoxy) is 1. The Morgan fingerprint density at radius 2 is 2.23 bits per heavy atom. The van der Waals surface area contributed by atoms with Crippen LogP contribution in [0.4, 0.5) is 0 Å². The molecule has 0 heterocycles. The van der Waals surface area contributed by atoms with Gasteiger partial charge in [-0.15, -0.1) is 0 Å². The normalized spacial score (nSPS) is 17.9. The highest BCUT2D eigenvalue weighted by Crippen LogP contribution is 2.28. The number of carbonyl (C=O) groups is 2. The molecule has 0 aromatic heterocycles. The summed E-state index contributed by atoms with van der Waals surface area (Å²) >= 11 is 0. The van der Waals surface area contributed by atoms with Crippen molar-refractivity contribution in [3.8, 4) is 0 Å². The lowest BCUT2D eigenvalue weighted by atomic mass is 10.3. The minimum Gasteiger partial charge on any atom is -0.479 e. The average Bonchev–Trinajstić information content (AvgIpc) is 2.86. The van der Waals surface area contributed by atoms with Crippen molar-refractivity contribution in [2.75, 3.05) is 13.7 Å². The zero-order valence-corrected chi connectivity index (χ0v) is 7.45. The maximum absolute atomic E-state index is 11.1. The van der Waals surface area contributed by atoms with E-state index in [2.05, 4.69) is 10.1 Å². The van der Waals surface area contributed by atoms with Crippen LogP contribution in [0.25, 0.3) is 0 Å². The zero-order chi connectivity index (χ0) is 9.84. The number of carboxylic acid groups (broad SMARTS) is 1. The summed E-state index contributed by atoms with van der Waals surface area (Å²) < 4.78 is 4.65. The van der Waals surface area contributed by atoms with Gasteiger partial charge in [0.25, 0.3) is 0 Å². The summed E-state index contributed by atoms with van der Waals surface area (Å²) in [6, 6.07) is 0. The third-order valence-corrected chi connectivity index (χ3v) is 1.97. The highest BCUT2D eigenvalue weighted by atomic mass is 16.5. The van der Waals surface area contributed by atoms with Gasteiger partial charge in [0.05, 0.1) is 6.54 Å². The number of hydrogen-bond donors (Lipinski definition) is 2. The molecule has 1 rings (SSSR count). The smallest absolute Gasteiger partial charge is 0.334 e. The van der Waals surface area contributed by atoms with E-state index in [9.17, 15) is 9.59 Å². The van der Waals surface area contributed by atoms with Gasteiger partial charge in [0.1, 0.15) is 0 Å². The molecule has 74 valence electrons. The Bertz CT molecular complexity index is 212. The van der Waals surface area contributed by atoms with Crippen LogP contribution in [0, 0.1) is 5.92 Å². The summed E-state index contributed by atoms with van der Waals surface area (Å²) in [5, 5.41) is 11.1. The van der Waals surface area contributed by atoms with Crippen LogP contribution < -0.4 is 5.32 Å². The van der Waals surface area contributed by atoms with Crippen molar-refractivity contribution >= 4 is 11.9 Å². The SMILES string of the molecule is COC(CNC(=O)C1CC1)C(=O)O. The molecular weight excluding hydrogens is 174 g/mol. The fourth-order valence-electron chi connectivity index (χ4n) is 0.955. The highest BCUT2D eigenvalue weighted by Gasteiger charge is 2.30. The maximum Gasteiger partial charge on any atom is 0.334 e. The Morgan fingerprint density at radius 3 is 2.62 bits per heavy atom. The van der Waals surface area contributed by atoms with Gasteiger partial charge in [-0.3, -0.25) is 4.79 Å². The second-order valence-corrected chi connectivity index (χ2v) is 3.08. The minimum absolute atomic E-state index is 0.0428. The van der Waals surface area contributed by atoms with Crippen LogP contribution in [-0.2, 0) is 14.3 Å². The van der Waals surface area contributed by atoms with Crippen LogP contribution >= 0.6 is 0 Å². The van der Waals surface area contributed by atoms with Crippen LogP contribution in [0.15, 0.2) is 0 Å². The highest BCUT2D eigenvalue weighted by molar-refractivity contribution is 5.81. The molecule has 5 heteroatoms. The van der Waals surface area contributed by atoms with Crippen molar-refractivity contribution in [3.05, 3.63) is 0 Å². The summed E-state index contributed by atoms with van der Waals surface area (Å²) in [6.45, 7) is 0.0428. The van der Waals surface area contributed by atoms with E-state index in [1.54, 1.807) is 0 Å². The first kappa shape index (κ1) is 9.98. The number of rotatable bonds is 5. The molecule has 5 nitrogen and oxygen atoms in total. The molecule has 13 heavy (non-hydrogen) atoms. The number of methoxy groups -OCH3 is 1. The molecule has 2 N–H and O–H groups in total.